The Morgan fingerprint density at radius 2 is 1.80 bits per heavy atom. The van der Waals surface area contributed by atoms with E-state index in [1.54, 1.807) is 0 Å². The number of carboxylic acids is 1. The van der Waals surface area contributed by atoms with Crippen molar-refractivity contribution in [3.63, 3.8) is 0 Å². The average molecular weight is 216 g/mol. The molecule has 0 bridgehead atoms. The van der Waals surface area contributed by atoms with Crippen LogP contribution in [0, 0.1) is 0 Å². The van der Waals surface area contributed by atoms with Gasteiger partial charge in [0.25, 0.3) is 0 Å². The molecule has 0 heterocycles. The van der Waals surface area contributed by atoms with Crippen molar-refractivity contribution in [3.8, 4) is 0 Å². The van der Waals surface area contributed by atoms with E-state index in [0.717, 1.165) is 6.42 Å². The lowest BCUT2D eigenvalue weighted by atomic mass is 10.2. The van der Waals surface area contributed by atoms with E-state index >= 15 is 0 Å². The first-order valence-corrected chi connectivity index (χ1v) is 4.81. The zero-order valence-electron chi connectivity index (χ0n) is 8.71. The number of amides is 2. The number of nitrogens with one attached hydrogen (secondary N) is 2. The summed E-state index contributed by atoms with van der Waals surface area (Å²) in [4.78, 5) is 32.1. The van der Waals surface area contributed by atoms with Gasteiger partial charge in [-0.2, -0.15) is 0 Å². The van der Waals surface area contributed by atoms with E-state index in [-0.39, 0.29) is 25.2 Å². The van der Waals surface area contributed by atoms with E-state index in [4.69, 9.17) is 5.11 Å². The zero-order chi connectivity index (χ0) is 11.7. The Morgan fingerprint density at radius 1 is 1.13 bits per heavy atom. The normalized spacial score (nSPS) is 9.40. The Bertz CT molecular complexity index is 240. The molecule has 0 saturated carbocycles. The van der Waals surface area contributed by atoms with Crippen molar-refractivity contribution in [2.45, 2.75) is 26.2 Å². The quantitative estimate of drug-likeness (QED) is 0.563. The molecule has 0 saturated heterocycles. The molecule has 0 spiro atoms. The van der Waals surface area contributed by atoms with E-state index in [2.05, 4.69) is 10.6 Å². The van der Waals surface area contributed by atoms with Crippen LogP contribution in [-0.2, 0) is 9.59 Å². The van der Waals surface area contributed by atoms with Crippen molar-refractivity contribution < 1.29 is 19.5 Å². The molecule has 0 fully saturated rings. The summed E-state index contributed by atoms with van der Waals surface area (Å²) < 4.78 is 0. The van der Waals surface area contributed by atoms with Crippen LogP contribution < -0.4 is 10.6 Å². The maximum Gasteiger partial charge on any atom is 0.315 e. The number of carbonyl (C=O) groups is 3. The Balaban J connectivity index is 3.53. The van der Waals surface area contributed by atoms with Gasteiger partial charge in [0.05, 0.1) is 13.0 Å². The number of Topliss-reactive ketones (excluding diaryl/α,β-unsaturated/α-hetero) is 1. The first-order chi connectivity index (χ1) is 7.06. The summed E-state index contributed by atoms with van der Waals surface area (Å²) in [5.41, 5.74) is 0. The van der Waals surface area contributed by atoms with E-state index < -0.39 is 12.0 Å². The molecule has 6 nitrogen and oxygen atoms in total. The number of urea groups is 1. The van der Waals surface area contributed by atoms with Crippen LogP contribution in [0.5, 0.6) is 0 Å². The Morgan fingerprint density at radius 3 is 2.33 bits per heavy atom. The number of hydrogen-bond acceptors (Lipinski definition) is 3. The Kier molecular flexibility index (Phi) is 6.96. The van der Waals surface area contributed by atoms with E-state index in [1.807, 2.05) is 6.92 Å². The minimum atomic E-state index is -1.02. The Labute approximate surface area is 88.0 Å². The van der Waals surface area contributed by atoms with Gasteiger partial charge in [0.2, 0.25) is 0 Å². The van der Waals surface area contributed by atoms with Crippen molar-refractivity contribution in [2.24, 2.45) is 0 Å². The third-order valence-corrected chi connectivity index (χ3v) is 1.60. The summed E-state index contributed by atoms with van der Waals surface area (Å²) in [5.74, 6) is -1.30. The number of carbonyl (C=O) groups excluding carboxylic acids is 2. The molecule has 0 radical (unpaired) electrons. The molecule has 0 aromatic rings. The fourth-order valence-corrected chi connectivity index (χ4v) is 0.815. The predicted molar refractivity (Wildman–Crippen MR) is 53.6 cm³/mol. The standard InChI is InChI=1S/C9H16N2O4/c1-2-5-10-9(15)11-6-7(12)3-4-8(13)14/h2-6H2,1H3,(H,13,14)(H2,10,11,15). The number of hydrogen-bond donors (Lipinski definition) is 3. The van der Waals surface area contributed by atoms with Crippen molar-refractivity contribution in [1.29, 1.82) is 0 Å². The minimum absolute atomic E-state index is 0.0522. The van der Waals surface area contributed by atoms with E-state index in [1.165, 1.54) is 0 Å². The Hall–Kier alpha value is -1.59. The fraction of sp³-hybridized carbons (Fsp3) is 0.667. The minimum Gasteiger partial charge on any atom is -0.481 e. The third kappa shape index (κ3) is 8.73. The highest BCUT2D eigenvalue weighted by Crippen LogP contribution is 1.89. The van der Waals surface area contributed by atoms with Gasteiger partial charge in [-0.3, -0.25) is 9.59 Å². The maximum absolute atomic E-state index is 11.0. The number of rotatable bonds is 7. The molecule has 0 rings (SSSR count). The molecular weight excluding hydrogens is 200 g/mol. The van der Waals surface area contributed by atoms with Crippen molar-refractivity contribution >= 4 is 17.8 Å². The second kappa shape index (κ2) is 7.78. The van der Waals surface area contributed by atoms with Crippen LogP contribution in [0.1, 0.15) is 26.2 Å². The van der Waals surface area contributed by atoms with E-state index in [0.29, 0.717) is 6.54 Å². The van der Waals surface area contributed by atoms with E-state index in [9.17, 15) is 14.4 Å². The first-order valence-electron chi connectivity index (χ1n) is 4.81. The summed E-state index contributed by atoms with van der Waals surface area (Å²) in [6.45, 7) is 2.34. The average Bonchev–Trinajstić information content (AvgIpc) is 2.20. The van der Waals surface area contributed by atoms with Gasteiger partial charge in [-0.1, -0.05) is 6.92 Å². The molecule has 0 atom stereocenters. The maximum atomic E-state index is 11.0. The second-order valence-corrected chi connectivity index (χ2v) is 3.04. The van der Waals surface area contributed by atoms with Gasteiger partial charge < -0.3 is 15.7 Å². The van der Waals surface area contributed by atoms with Gasteiger partial charge in [-0.05, 0) is 6.42 Å². The topological polar surface area (TPSA) is 95.5 Å². The van der Waals surface area contributed by atoms with Crippen molar-refractivity contribution in [1.82, 2.24) is 10.6 Å². The summed E-state index contributed by atoms with van der Waals surface area (Å²) in [6, 6.07) is -0.402. The molecule has 6 heteroatoms. The largest absolute Gasteiger partial charge is 0.481 e. The monoisotopic (exact) mass is 216 g/mol. The van der Waals surface area contributed by atoms with Crippen LogP contribution in [-0.4, -0.2) is 36.0 Å². The number of aliphatic carboxylic acids is 1. The second-order valence-electron chi connectivity index (χ2n) is 3.04. The van der Waals surface area contributed by atoms with Crippen LogP contribution in [0.2, 0.25) is 0 Å². The van der Waals surface area contributed by atoms with Gasteiger partial charge in [-0.15, -0.1) is 0 Å². The fourth-order valence-electron chi connectivity index (χ4n) is 0.815. The van der Waals surface area contributed by atoms with Crippen LogP contribution >= 0.6 is 0 Å². The lowest BCUT2D eigenvalue weighted by Crippen LogP contribution is -2.38. The van der Waals surface area contributed by atoms with Gasteiger partial charge in [0.15, 0.2) is 5.78 Å². The smallest absolute Gasteiger partial charge is 0.315 e. The lowest BCUT2D eigenvalue weighted by molar-refractivity contribution is -0.138. The number of ketones is 1. The van der Waals surface area contributed by atoms with Crippen LogP contribution in [0.25, 0.3) is 0 Å². The molecule has 0 aliphatic heterocycles. The lowest BCUT2D eigenvalue weighted by Gasteiger charge is -2.05. The zero-order valence-corrected chi connectivity index (χ0v) is 8.71. The van der Waals surface area contributed by atoms with Crippen molar-refractivity contribution in [3.05, 3.63) is 0 Å². The van der Waals surface area contributed by atoms with Gasteiger partial charge in [0.1, 0.15) is 0 Å². The van der Waals surface area contributed by atoms with Crippen molar-refractivity contribution in [2.75, 3.05) is 13.1 Å². The molecule has 0 unspecified atom stereocenters. The summed E-state index contributed by atoms with van der Waals surface area (Å²) in [5, 5.41) is 13.2. The summed E-state index contributed by atoms with van der Waals surface area (Å²) >= 11 is 0. The molecule has 3 N–H and O–H groups in total. The molecule has 0 aliphatic rings. The molecule has 0 aromatic carbocycles. The summed E-state index contributed by atoms with van der Waals surface area (Å²) in [7, 11) is 0. The first kappa shape index (κ1) is 13.4. The highest BCUT2D eigenvalue weighted by molar-refractivity contribution is 5.87. The van der Waals surface area contributed by atoms with Crippen LogP contribution in [0.3, 0.4) is 0 Å². The third-order valence-electron chi connectivity index (χ3n) is 1.60. The highest BCUT2D eigenvalue weighted by atomic mass is 16.4. The SMILES string of the molecule is CCCNC(=O)NCC(=O)CCC(=O)O. The number of carboxylic acid groups (broad SMARTS) is 1. The molecule has 2 amide bonds. The van der Waals surface area contributed by atoms with Crippen LogP contribution in [0.15, 0.2) is 0 Å². The summed E-state index contributed by atoms with van der Waals surface area (Å²) in [6.07, 6.45) is 0.570. The molecule has 0 aliphatic carbocycles. The molecular formula is C9H16N2O4. The van der Waals surface area contributed by atoms with Gasteiger partial charge in [0, 0.05) is 13.0 Å². The van der Waals surface area contributed by atoms with Crippen LogP contribution in [0.4, 0.5) is 4.79 Å². The van der Waals surface area contributed by atoms with Gasteiger partial charge in [-0.25, -0.2) is 4.79 Å². The molecule has 86 valence electrons. The van der Waals surface area contributed by atoms with Gasteiger partial charge >= 0.3 is 12.0 Å². The predicted octanol–water partition coefficient (Wildman–Crippen LogP) is 0.129. The highest BCUT2D eigenvalue weighted by Gasteiger charge is 2.06. The molecule has 15 heavy (non-hydrogen) atoms. The molecule has 0 aromatic heterocycles.